The Bertz CT molecular complexity index is 983. The van der Waals surface area contributed by atoms with Gasteiger partial charge in [0.15, 0.2) is 0 Å². The van der Waals surface area contributed by atoms with Crippen molar-refractivity contribution in [1.29, 1.82) is 0 Å². The van der Waals surface area contributed by atoms with Crippen molar-refractivity contribution < 1.29 is 27.1 Å². The molecule has 1 N–H and O–H groups in total. The Morgan fingerprint density at radius 1 is 1.29 bits per heavy atom. The van der Waals surface area contributed by atoms with Gasteiger partial charge in [0.05, 0.1) is 30.9 Å². The number of hydrogen-bond acceptors (Lipinski definition) is 6. The molecule has 2 heterocycles. The van der Waals surface area contributed by atoms with Crippen LogP contribution >= 0.6 is 0 Å². The van der Waals surface area contributed by atoms with Crippen LogP contribution < -0.4 is 5.32 Å². The number of amidine groups is 1. The first-order valence-corrected chi connectivity index (χ1v) is 10.0. The van der Waals surface area contributed by atoms with Crippen molar-refractivity contribution in [2.24, 2.45) is 4.40 Å². The van der Waals surface area contributed by atoms with Gasteiger partial charge in [-0.3, -0.25) is 9.59 Å². The maximum Gasteiger partial charge on any atom is 0.307 e. The van der Waals surface area contributed by atoms with Gasteiger partial charge in [0.25, 0.3) is 15.9 Å². The maximum absolute atomic E-state index is 13.2. The van der Waals surface area contributed by atoms with Crippen molar-refractivity contribution >= 4 is 27.7 Å². The van der Waals surface area contributed by atoms with E-state index >= 15 is 0 Å². The second-order valence-corrected chi connectivity index (χ2v) is 7.96. The fourth-order valence-electron chi connectivity index (χ4n) is 2.77. The lowest BCUT2D eigenvalue weighted by molar-refractivity contribution is -0.141. The first kappa shape index (κ1) is 19.7. The van der Waals surface area contributed by atoms with Crippen LogP contribution in [0.5, 0.6) is 0 Å². The highest BCUT2D eigenvalue weighted by atomic mass is 32.2. The summed E-state index contributed by atoms with van der Waals surface area (Å²) in [5.74, 6) is -1.33. The van der Waals surface area contributed by atoms with Gasteiger partial charge in [-0.1, -0.05) is 12.1 Å². The molecular formula is C18H18FN3O5S. The molecule has 3 rings (SSSR count). The fraction of sp³-hybridized carbons (Fsp3) is 0.278. The molecule has 148 valence electrons. The number of methoxy groups -OCH3 is 1. The van der Waals surface area contributed by atoms with E-state index < -0.39 is 33.8 Å². The molecule has 28 heavy (non-hydrogen) atoms. The number of esters is 1. The number of rotatable bonds is 5. The summed E-state index contributed by atoms with van der Waals surface area (Å²) in [7, 11) is -2.24. The predicted octanol–water partition coefficient (Wildman–Crippen LogP) is 1.04. The zero-order chi connectivity index (χ0) is 20.3. The van der Waals surface area contributed by atoms with E-state index in [1.54, 1.807) is 4.90 Å². The van der Waals surface area contributed by atoms with Gasteiger partial charge in [0.2, 0.25) is 0 Å². The summed E-state index contributed by atoms with van der Waals surface area (Å²) in [5, 5.41) is 2.73. The zero-order valence-corrected chi connectivity index (χ0v) is 15.8. The van der Waals surface area contributed by atoms with Crippen molar-refractivity contribution in [2.75, 3.05) is 19.4 Å². The topological polar surface area (TPSA) is 105 Å². The largest absolute Gasteiger partial charge is 0.469 e. The Kier molecular flexibility index (Phi) is 5.59. The first-order valence-electron chi connectivity index (χ1n) is 8.40. The molecule has 0 spiro atoms. The molecule has 1 unspecified atom stereocenters. The molecule has 2 aliphatic rings. The van der Waals surface area contributed by atoms with E-state index in [1.165, 1.54) is 49.7 Å². The number of halogens is 1. The Hall–Kier alpha value is -3.01. The highest BCUT2D eigenvalue weighted by Crippen LogP contribution is 2.21. The summed E-state index contributed by atoms with van der Waals surface area (Å²) >= 11 is 0. The number of carbonyl (C=O) groups is 2. The smallest absolute Gasteiger partial charge is 0.307 e. The lowest BCUT2D eigenvalue weighted by Crippen LogP contribution is -2.38. The maximum atomic E-state index is 13.2. The summed E-state index contributed by atoms with van der Waals surface area (Å²) in [6.45, 7) is 0.186. The van der Waals surface area contributed by atoms with Crippen LogP contribution in [0, 0.1) is 5.82 Å². The average Bonchev–Trinajstić information content (AvgIpc) is 2.66. The molecule has 0 fully saturated rings. The number of nitrogens with zero attached hydrogens (tertiary/aromatic N) is 2. The molecule has 1 atom stereocenters. The minimum Gasteiger partial charge on any atom is -0.469 e. The van der Waals surface area contributed by atoms with Crippen LogP contribution in [0.3, 0.4) is 0 Å². The lowest BCUT2D eigenvalue weighted by atomic mass is 10.0. The van der Waals surface area contributed by atoms with Gasteiger partial charge in [0, 0.05) is 12.7 Å². The summed E-state index contributed by atoms with van der Waals surface area (Å²) in [6, 6.07) is 4.72. The van der Waals surface area contributed by atoms with E-state index in [9.17, 15) is 22.4 Å². The summed E-state index contributed by atoms with van der Waals surface area (Å²) in [4.78, 5) is 26.0. The number of sulfonamides is 1. The molecule has 10 heteroatoms. The van der Waals surface area contributed by atoms with Crippen LogP contribution in [0.2, 0.25) is 0 Å². The SMILES string of the molecule is COC(=O)CC(NC(=O)C1=CN2CCS(=O)(=O)N=C2C=C1)c1ccc(F)cc1. The van der Waals surface area contributed by atoms with Crippen molar-refractivity contribution in [3.8, 4) is 0 Å². The molecule has 0 aliphatic carbocycles. The third-order valence-electron chi connectivity index (χ3n) is 4.26. The average molecular weight is 407 g/mol. The zero-order valence-electron chi connectivity index (χ0n) is 15.0. The third-order valence-corrected chi connectivity index (χ3v) is 5.43. The van der Waals surface area contributed by atoms with Crippen molar-refractivity contribution in [3.63, 3.8) is 0 Å². The number of nitrogens with one attached hydrogen (secondary N) is 1. The van der Waals surface area contributed by atoms with Gasteiger partial charge in [-0.15, -0.1) is 4.40 Å². The van der Waals surface area contributed by atoms with Gasteiger partial charge in [-0.05, 0) is 29.8 Å². The van der Waals surface area contributed by atoms with Crippen molar-refractivity contribution in [2.45, 2.75) is 12.5 Å². The number of ether oxygens (including phenoxy) is 1. The van der Waals surface area contributed by atoms with Crippen LogP contribution in [0.25, 0.3) is 0 Å². The molecule has 8 nitrogen and oxygen atoms in total. The molecular weight excluding hydrogens is 389 g/mol. The lowest BCUT2D eigenvalue weighted by Gasteiger charge is -2.27. The molecule has 0 radical (unpaired) electrons. The molecule has 1 aromatic rings. The second-order valence-electron chi connectivity index (χ2n) is 6.20. The van der Waals surface area contributed by atoms with Crippen LogP contribution in [-0.2, 0) is 24.3 Å². The second kappa shape index (κ2) is 7.93. The van der Waals surface area contributed by atoms with E-state index in [-0.39, 0.29) is 30.1 Å². The highest BCUT2D eigenvalue weighted by molar-refractivity contribution is 7.90. The number of amides is 1. The molecule has 1 amide bonds. The van der Waals surface area contributed by atoms with Gasteiger partial charge in [-0.2, -0.15) is 0 Å². The summed E-state index contributed by atoms with van der Waals surface area (Å²) in [5.41, 5.74) is 0.821. The number of fused-ring (bicyclic) bond motifs is 1. The van der Waals surface area contributed by atoms with E-state index in [0.717, 1.165) is 0 Å². The monoisotopic (exact) mass is 407 g/mol. The summed E-state index contributed by atoms with van der Waals surface area (Å²) < 4.78 is 44.6. The van der Waals surface area contributed by atoms with E-state index in [4.69, 9.17) is 0 Å². The van der Waals surface area contributed by atoms with E-state index in [2.05, 4.69) is 14.5 Å². The normalized spacial score (nSPS) is 18.4. The molecule has 0 aromatic heterocycles. The van der Waals surface area contributed by atoms with Crippen molar-refractivity contribution in [3.05, 3.63) is 59.6 Å². The molecule has 0 saturated heterocycles. The molecule has 0 saturated carbocycles. The van der Waals surface area contributed by atoms with E-state index in [1.807, 2.05) is 0 Å². The summed E-state index contributed by atoms with van der Waals surface area (Å²) in [6.07, 6.45) is 4.27. The minimum atomic E-state index is -3.48. The van der Waals surface area contributed by atoms with Crippen molar-refractivity contribution in [1.82, 2.24) is 10.2 Å². The van der Waals surface area contributed by atoms with Gasteiger partial charge in [0.1, 0.15) is 11.7 Å². The highest BCUT2D eigenvalue weighted by Gasteiger charge is 2.26. The van der Waals surface area contributed by atoms with Gasteiger partial charge in [-0.25, -0.2) is 12.8 Å². The Morgan fingerprint density at radius 2 is 2.00 bits per heavy atom. The standard InChI is InChI=1S/C18H18FN3O5S/c1-27-17(23)10-15(12-2-5-14(19)6-3-12)20-18(24)13-4-7-16-21-28(25,26)9-8-22(16)11-13/h2-7,11,15H,8-10H2,1H3,(H,20,24). The quantitative estimate of drug-likeness (QED) is 0.732. The molecule has 1 aromatic carbocycles. The number of carbonyl (C=O) groups excluding carboxylic acids is 2. The van der Waals surface area contributed by atoms with Gasteiger partial charge < -0.3 is 15.0 Å². The third kappa shape index (κ3) is 4.63. The number of hydrogen-bond donors (Lipinski definition) is 1. The first-order chi connectivity index (χ1) is 13.3. The number of benzene rings is 1. The van der Waals surface area contributed by atoms with Crippen LogP contribution in [0.15, 0.2) is 52.6 Å². The fourth-order valence-corrected chi connectivity index (χ4v) is 3.74. The Balaban J connectivity index is 1.79. The minimum absolute atomic E-state index is 0.125. The molecule has 2 aliphatic heterocycles. The van der Waals surface area contributed by atoms with E-state index in [0.29, 0.717) is 5.56 Å². The molecule has 0 bridgehead atoms. The van der Waals surface area contributed by atoms with Crippen LogP contribution in [0.1, 0.15) is 18.0 Å². The van der Waals surface area contributed by atoms with Crippen LogP contribution in [-0.4, -0.2) is 50.4 Å². The van der Waals surface area contributed by atoms with Gasteiger partial charge >= 0.3 is 5.97 Å². The Labute approximate surface area is 161 Å². The Morgan fingerprint density at radius 3 is 2.68 bits per heavy atom. The predicted molar refractivity (Wildman–Crippen MR) is 99.1 cm³/mol. The van der Waals surface area contributed by atoms with Crippen LogP contribution in [0.4, 0.5) is 4.39 Å².